The van der Waals surface area contributed by atoms with Gasteiger partial charge in [0.1, 0.15) is 5.82 Å². The molecule has 20 heavy (non-hydrogen) atoms. The van der Waals surface area contributed by atoms with Crippen molar-refractivity contribution >= 4 is 23.2 Å². The van der Waals surface area contributed by atoms with Gasteiger partial charge >= 0.3 is 0 Å². The molecular weight excluding hydrogens is 281 g/mol. The number of anilines is 1. The lowest BCUT2D eigenvalue weighted by atomic mass is 10.1. The van der Waals surface area contributed by atoms with Crippen LogP contribution in [0.4, 0.5) is 10.1 Å². The fraction of sp³-hybridized carbons (Fsp3) is 0.214. The number of benzene rings is 1. The SMILES string of the molecule is O=C1CCCN1c1ccc(-c2cnc(Cl)nc2)cc1F. The van der Waals surface area contributed by atoms with Crippen LogP contribution in [-0.4, -0.2) is 22.4 Å². The van der Waals surface area contributed by atoms with Gasteiger partial charge in [-0.3, -0.25) is 4.79 Å². The lowest BCUT2D eigenvalue weighted by Gasteiger charge is -2.17. The summed E-state index contributed by atoms with van der Waals surface area (Å²) in [6, 6.07) is 4.74. The number of hydrogen-bond acceptors (Lipinski definition) is 3. The average molecular weight is 292 g/mol. The first-order chi connectivity index (χ1) is 9.65. The van der Waals surface area contributed by atoms with Crippen molar-refractivity contribution in [1.29, 1.82) is 0 Å². The van der Waals surface area contributed by atoms with Crippen molar-refractivity contribution in [2.24, 2.45) is 0 Å². The van der Waals surface area contributed by atoms with Crippen LogP contribution < -0.4 is 4.90 Å². The van der Waals surface area contributed by atoms with E-state index in [9.17, 15) is 9.18 Å². The van der Waals surface area contributed by atoms with Gasteiger partial charge in [-0.25, -0.2) is 14.4 Å². The summed E-state index contributed by atoms with van der Waals surface area (Å²) in [5.74, 6) is -0.459. The van der Waals surface area contributed by atoms with Crippen LogP contribution in [-0.2, 0) is 4.79 Å². The van der Waals surface area contributed by atoms with Crippen molar-refractivity contribution in [2.75, 3.05) is 11.4 Å². The summed E-state index contributed by atoms with van der Waals surface area (Å²) in [5.41, 5.74) is 1.65. The van der Waals surface area contributed by atoms with Gasteiger partial charge in [0, 0.05) is 30.9 Å². The first-order valence-electron chi connectivity index (χ1n) is 6.23. The molecule has 0 unspecified atom stereocenters. The zero-order valence-corrected chi connectivity index (χ0v) is 11.3. The molecule has 1 aliphatic rings. The molecule has 0 N–H and O–H groups in total. The molecule has 0 spiro atoms. The third-order valence-electron chi connectivity index (χ3n) is 3.27. The number of nitrogens with zero attached hydrogens (tertiary/aromatic N) is 3. The first-order valence-corrected chi connectivity index (χ1v) is 6.61. The molecule has 0 atom stereocenters. The molecule has 102 valence electrons. The predicted molar refractivity (Wildman–Crippen MR) is 74.0 cm³/mol. The molecule has 1 fully saturated rings. The maximum atomic E-state index is 14.2. The molecule has 4 nitrogen and oxygen atoms in total. The Balaban J connectivity index is 1.95. The third-order valence-corrected chi connectivity index (χ3v) is 3.46. The highest BCUT2D eigenvalue weighted by molar-refractivity contribution is 6.28. The van der Waals surface area contributed by atoms with E-state index < -0.39 is 5.82 Å². The van der Waals surface area contributed by atoms with E-state index in [1.54, 1.807) is 12.1 Å². The van der Waals surface area contributed by atoms with Crippen molar-refractivity contribution in [3.63, 3.8) is 0 Å². The van der Waals surface area contributed by atoms with Crippen molar-refractivity contribution in [2.45, 2.75) is 12.8 Å². The number of hydrogen-bond donors (Lipinski definition) is 0. The highest BCUT2D eigenvalue weighted by atomic mass is 35.5. The molecule has 0 aliphatic carbocycles. The van der Waals surface area contributed by atoms with Crippen molar-refractivity contribution in [3.8, 4) is 11.1 Å². The van der Waals surface area contributed by atoms with Crippen LogP contribution in [0.2, 0.25) is 5.28 Å². The molecule has 0 radical (unpaired) electrons. The predicted octanol–water partition coefficient (Wildman–Crippen LogP) is 3.06. The molecule has 3 rings (SSSR count). The minimum Gasteiger partial charge on any atom is -0.310 e. The van der Waals surface area contributed by atoms with Crippen LogP contribution in [0.3, 0.4) is 0 Å². The van der Waals surface area contributed by atoms with E-state index in [1.807, 2.05) is 0 Å². The van der Waals surface area contributed by atoms with Crippen molar-refractivity contribution in [3.05, 3.63) is 41.7 Å². The van der Waals surface area contributed by atoms with Gasteiger partial charge in [-0.1, -0.05) is 6.07 Å². The summed E-state index contributed by atoms with van der Waals surface area (Å²) in [5, 5.41) is 0.147. The molecule has 1 aliphatic heterocycles. The van der Waals surface area contributed by atoms with Gasteiger partial charge in [-0.05, 0) is 35.7 Å². The number of halogens is 2. The second-order valence-corrected chi connectivity index (χ2v) is 4.89. The largest absolute Gasteiger partial charge is 0.310 e. The summed E-state index contributed by atoms with van der Waals surface area (Å²) in [4.78, 5) is 20.9. The minimum absolute atomic E-state index is 0.0357. The van der Waals surface area contributed by atoms with Crippen molar-refractivity contribution in [1.82, 2.24) is 9.97 Å². The molecule has 0 bridgehead atoms. The Kier molecular flexibility index (Phi) is 3.36. The highest BCUT2D eigenvalue weighted by Gasteiger charge is 2.24. The molecule has 0 saturated carbocycles. The zero-order valence-electron chi connectivity index (χ0n) is 10.5. The second kappa shape index (κ2) is 5.17. The highest BCUT2D eigenvalue weighted by Crippen LogP contribution is 2.28. The fourth-order valence-corrected chi connectivity index (χ4v) is 2.37. The molecule has 1 aromatic heterocycles. The van der Waals surface area contributed by atoms with E-state index in [1.165, 1.54) is 23.4 Å². The molecule has 1 aromatic carbocycles. The number of aromatic nitrogens is 2. The van der Waals surface area contributed by atoms with Gasteiger partial charge in [0.2, 0.25) is 11.2 Å². The molecule has 6 heteroatoms. The van der Waals surface area contributed by atoms with Crippen molar-refractivity contribution < 1.29 is 9.18 Å². The second-order valence-electron chi connectivity index (χ2n) is 4.56. The Labute approximate surface area is 120 Å². The van der Waals surface area contributed by atoms with Gasteiger partial charge in [0.15, 0.2) is 0 Å². The number of amides is 1. The molecule has 2 heterocycles. The van der Waals surface area contributed by atoms with Crippen LogP contribution in [0.1, 0.15) is 12.8 Å². The normalized spacial score (nSPS) is 14.9. The summed E-state index contributed by atoms with van der Waals surface area (Å²) >= 11 is 5.62. The smallest absolute Gasteiger partial charge is 0.227 e. The van der Waals surface area contributed by atoms with Crippen LogP contribution in [0.25, 0.3) is 11.1 Å². The minimum atomic E-state index is -0.423. The fourth-order valence-electron chi connectivity index (χ4n) is 2.27. The van der Waals surface area contributed by atoms with E-state index in [-0.39, 0.29) is 11.2 Å². The van der Waals surface area contributed by atoms with E-state index in [0.29, 0.717) is 29.8 Å². The first kappa shape index (κ1) is 13.0. The lowest BCUT2D eigenvalue weighted by molar-refractivity contribution is -0.117. The maximum absolute atomic E-state index is 14.2. The van der Waals surface area contributed by atoms with Crippen LogP contribution in [0, 0.1) is 5.82 Å². The Morgan fingerprint density at radius 3 is 2.55 bits per heavy atom. The Hall–Kier alpha value is -2.01. The number of carbonyl (C=O) groups excluding carboxylic acids is 1. The number of carbonyl (C=O) groups is 1. The summed E-state index contributed by atoms with van der Waals surface area (Å²) in [6.45, 7) is 0.569. The third kappa shape index (κ3) is 2.36. The Morgan fingerprint density at radius 2 is 1.95 bits per heavy atom. The van der Waals surface area contributed by atoms with Gasteiger partial charge in [0.25, 0.3) is 0 Å². The van der Waals surface area contributed by atoms with Gasteiger partial charge in [0.05, 0.1) is 5.69 Å². The zero-order chi connectivity index (χ0) is 14.1. The van der Waals surface area contributed by atoms with Crippen LogP contribution in [0.15, 0.2) is 30.6 Å². The number of rotatable bonds is 2. The van der Waals surface area contributed by atoms with Crippen LogP contribution in [0.5, 0.6) is 0 Å². The van der Waals surface area contributed by atoms with E-state index >= 15 is 0 Å². The monoisotopic (exact) mass is 291 g/mol. The average Bonchev–Trinajstić information content (AvgIpc) is 2.86. The molecule has 1 saturated heterocycles. The summed E-state index contributed by atoms with van der Waals surface area (Å²) in [6.07, 6.45) is 4.31. The lowest BCUT2D eigenvalue weighted by Crippen LogP contribution is -2.24. The Morgan fingerprint density at radius 1 is 1.20 bits per heavy atom. The van der Waals surface area contributed by atoms with E-state index in [2.05, 4.69) is 9.97 Å². The molecule has 2 aromatic rings. The maximum Gasteiger partial charge on any atom is 0.227 e. The standard InChI is InChI=1S/C14H11ClFN3O/c15-14-17-7-10(8-18-14)9-3-4-12(11(16)6-9)19-5-1-2-13(19)20/h3-4,6-8H,1-2,5H2. The van der Waals surface area contributed by atoms with Gasteiger partial charge < -0.3 is 4.90 Å². The molecular formula is C14H11ClFN3O. The topological polar surface area (TPSA) is 46.1 Å². The van der Waals surface area contributed by atoms with Gasteiger partial charge in [-0.2, -0.15) is 0 Å². The summed E-state index contributed by atoms with van der Waals surface area (Å²) in [7, 11) is 0. The Bertz CT molecular complexity index is 660. The van der Waals surface area contributed by atoms with Gasteiger partial charge in [-0.15, -0.1) is 0 Å². The quantitative estimate of drug-likeness (QED) is 0.799. The molecule has 1 amide bonds. The van der Waals surface area contributed by atoms with E-state index in [4.69, 9.17) is 11.6 Å². The van der Waals surface area contributed by atoms with E-state index in [0.717, 1.165) is 6.42 Å². The summed E-state index contributed by atoms with van der Waals surface area (Å²) < 4.78 is 14.2. The van der Waals surface area contributed by atoms with Crippen LogP contribution >= 0.6 is 11.6 Å².